The highest BCUT2D eigenvalue weighted by Gasteiger charge is 2.28. The Morgan fingerprint density at radius 3 is 2.69 bits per heavy atom. The number of amides is 2. The van der Waals surface area contributed by atoms with Crippen molar-refractivity contribution in [3.8, 4) is 0 Å². The Morgan fingerprint density at radius 2 is 2.00 bits per heavy atom. The molecule has 0 saturated carbocycles. The van der Waals surface area contributed by atoms with Gasteiger partial charge in [-0.05, 0) is 11.6 Å². The molecule has 3 nitrogen and oxygen atoms in total. The zero-order valence-corrected chi connectivity index (χ0v) is 6.63. The number of rotatable bonds is 1. The maximum atomic E-state index is 12.4. The summed E-state index contributed by atoms with van der Waals surface area (Å²) in [5.74, 6) is -0.955. The number of imide groups is 1. The number of nitrogens with one attached hydrogen (secondary N) is 1. The summed E-state index contributed by atoms with van der Waals surface area (Å²) in [5, 5.41) is 2.11. The smallest absolute Gasteiger partial charge is 0.259 e. The lowest BCUT2D eigenvalue weighted by Crippen LogP contribution is -2.20. The molecule has 1 aromatic rings. The van der Waals surface area contributed by atoms with Gasteiger partial charge >= 0.3 is 0 Å². The normalized spacial score (nSPS) is 14.2. The first-order chi connectivity index (χ1) is 6.24. The lowest BCUT2D eigenvalue weighted by molar-refractivity contribution is 0.0879. The Balaban J connectivity index is 2.69. The van der Waals surface area contributed by atoms with Gasteiger partial charge in [0.15, 0.2) is 0 Å². The molecule has 13 heavy (non-hydrogen) atoms. The molecule has 0 atom stereocenters. The second-order valence-electron chi connectivity index (χ2n) is 2.76. The fourth-order valence-corrected chi connectivity index (χ4v) is 1.40. The molecular formula is C9H6FNO2. The van der Waals surface area contributed by atoms with Crippen molar-refractivity contribution in [2.75, 3.05) is 0 Å². The van der Waals surface area contributed by atoms with Gasteiger partial charge in [0, 0.05) is 0 Å². The summed E-state index contributed by atoms with van der Waals surface area (Å²) < 4.78 is 12.4. The van der Waals surface area contributed by atoms with E-state index in [2.05, 4.69) is 5.32 Å². The Bertz CT molecular complexity index is 401. The molecule has 66 valence electrons. The Hall–Kier alpha value is -1.71. The molecule has 1 N–H and O–H groups in total. The van der Waals surface area contributed by atoms with E-state index in [0.29, 0.717) is 0 Å². The predicted octanol–water partition coefficient (Wildman–Crippen LogP) is 1.04. The predicted molar refractivity (Wildman–Crippen MR) is 43.1 cm³/mol. The standard InChI is InChI=1S/C9H6FNO2/c10-4-5-2-1-3-6-7(5)9(13)11-8(6)12/h1-3H,4H2,(H,11,12,13). The summed E-state index contributed by atoms with van der Waals surface area (Å²) in [5.41, 5.74) is 0.705. The maximum Gasteiger partial charge on any atom is 0.259 e. The molecule has 0 bridgehead atoms. The van der Waals surface area contributed by atoms with Gasteiger partial charge in [-0.25, -0.2) is 4.39 Å². The van der Waals surface area contributed by atoms with Crippen LogP contribution in [0.25, 0.3) is 0 Å². The van der Waals surface area contributed by atoms with Crippen LogP contribution in [0.15, 0.2) is 18.2 Å². The van der Waals surface area contributed by atoms with Crippen LogP contribution in [0.2, 0.25) is 0 Å². The molecule has 2 amide bonds. The van der Waals surface area contributed by atoms with Crippen LogP contribution in [-0.4, -0.2) is 11.8 Å². The average molecular weight is 179 g/mol. The van der Waals surface area contributed by atoms with E-state index in [1.54, 1.807) is 6.07 Å². The van der Waals surface area contributed by atoms with Crippen molar-refractivity contribution in [1.82, 2.24) is 5.32 Å². The monoisotopic (exact) mass is 179 g/mol. The molecule has 2 rings (SSSR count). The quantitative estimate of drug-likeness (QED) is 0.654. The van der Waals surface area contributed by atoms with Crippen molar-refractivity contribution >= 4 is 11.8 Å². The van der Waals surface area contributed by atoms with Gasteiger partial charge in [0.1, 0.15) is 6.67 Å². The first kappa shape index (κ1) is 7.91. The van der Waals surface area contributed by atoms with Gasteiger partial charge in [-0.2, -0.15) is 0 Å². The van der Waals surface area contributed by atoms with Crippen molar-refractivity contribution in [3.63, 3.8) is 0 Å². The first-order valence-electron chi connectivity index (χ1n) is 3.77. The zero-order chi connectivity index (χ0) is 9.42. The number of carbonyl (C=O) groups is 2. The SMILES string of the molecule is O=C1NC(=O)c2c(CF)cccc21. The van der Waals surface area contributed by atoms with E-state index in [0.717, 1.165) is 0 Å². The van der Waals surface area contributed by atoms with Crippen molar-refractivity contribution in [3.05, 3.63) is 34.9 Å². The van der Waals surface area contributed by atoms with Gasteiger partial charge in [0.2, 0.25) is 0 Å². The molecule has 0 aliphatic carbocycles. The second-order valence-corrected chi connectivity index (χ2v) is 2.76. The molecule has 0 radical (unpaired) electrons. The average Bonchev–Trinajstić information content (AvgIpc) is 2.43. The number of fused-ring (bicyclic) bond motifs is 1. The van der Waals surface area contributed by atoms with E-state index >= 15 is 0 Å². The number of hydrogen-bond acceptors (Lipinski definition) is 2. The van der Waals surface area contributed by atoms with Gasteiger partial charge in [0.25, 0.3) is 11.8 Å². The number of carbonyl (C=O) groups excluding carboxylic acids is 2. The summed E-state index contributed by atoms with van der Waals surface area (Å²) in [6, 6.07) is 4.57. The van der Waals surface area contributed by atoms with Gasteiger partial charge < -0.3 is 0 Å². The first-order valence-corrected chi connectivity index (χ1v) is 3.77. The third-order valence-electron chi connectivity index (χ3n) is 1.99. The van der Waals surface area contributed by atoms with Crippen molar-refractivity contribution in [2.45, 2.75) is 6.67 Å². The van der Waals surface area contributed by atoms with Crippen LogP contribution >= 0.6 is 0 Å². The van der Waals surface area contributed by atoms with Gasteiger partial charge in [-0.15, -0.1) is 0 Å². The molecule has 1 heterocycles. The van der Waals surface area contributed by atoms with Crippen LogP contribution in [0, 0.1) is 0 Å². The number of halogens is 1. The Labute approximate surface area is 73.6 Å². The molecule has 1 aliphatic heterocycles. The Kier molecular flexibility index (Phi) is 1.62. The molecule has 0 unspecified atom stereocenters. The topological polar surface area (TPSA) is 46.2 Å². The van der Waals surface area contributed by atoms with Crippen LogP contribution in [0.4, 0.5) is 4.39 Å². The summed E-state index contributed by atoms with van der Waals surface area (Å²) in [6.45, 7) is -0.732. The third kappa shape index (κ3) is 1.02. The van der Waals surface area contributed by atoms with Crippen LogP contribution in [0.5, 0.6) is 0 Å². The molecule has 4 heteroatoms. The summed E-state index contributed by atoms with van der Waals surface area (Å²) in [4.78, 5) is 22.2. The molecule has 0 saturated heterocycles. The Morgan fingerprint density at radius 1 is 1.23 bits per heavy atom. The van der Waals surface area contributed by atoms with Crippen molar-refractivity contribution in [2.24, 2.45) is 0 Å². The summed E-state index contributed by atoms with van der Waals surface area (Å²) in [7, 11) is 0. The van der Waals surface area contributed by atoms with Crippen LogP contribution in [0.3, 0.4) is 0 Å². The molecule has 0 spiro atoms. The van der Waals surface area contributed by atoms with E-state index in [1.807, 2.05) is 0 Å². The van der Waals surface area contributed by atoms with E-state index in [-0.39, 0.29) is 16.7 Å². The highest BCUT2D eigenvalue weighted by Crippen LogP contribution is 2.20. The van der Waals surface area contributed by atoms with Crippen LogP contribution in [-0.2, 0) is 6.67 Å². The minimum absolute atomic E-state index is 0.176. The lowest BCUT2D eigenvalue weighted by atomic mass is 10.0. The summed E-state index contributed by atoms with van der Waals surface area (Å²) >= 11 is 0. The van der Waals surface area contributed by atoms with E-state index < -0.39 is 18.5 Å². The van der Waals surface area contributed by atoms with Crippen LogP contribution < -0.4 is 5.32 Å². The van der Waals surface area contributed by atoms with Crippen molar-refractivity contribution in [1.29, 1.82) is 0 Å². The largest absolute Gasteiger partial charge is 0.288 e. The van der Waals surface area contributed by atoms with Gasteiger partial charge in [-0.1, -0.05) is 12.1 Å². The molecular weight excluding hydrogens is 173 g/mol. The third-order valence-corrected chi connectivity index (χ3v) is 1.99. The second kappa shape index (κ2) is 2.65. The fourth-order valence-electron chi connectivity index (χ4n) is 1.40. The van der Waals surface area contributed by atoms with E-state index in [1.165, 1.54) is 12.1 Å². The van der Waals surface area contributed by atoms with Gasteiger partial charge in [-0.3, -0.25) is 14.9 Å². The summed E-state index contributed by atoms with van der Waals surface area (Å²) in [6.07, 6.45) is 0. The van der Waals surface area contributed by atoms with Gasteiger partial charge in [0.05, 0.1) is 11.1 Å². The molecule has 0 fully saturated rings. The number of alkyl halides is 1. The highest BCUT2D eigenvalue weighted by atomic mass is 19.1. The fraction of sp³-hybridized carbons (Fsp3) is 0.111. The lowest BCUT2D eigenvalue weighted by Gasteiger charge is -1.98. The molecule has 1 aliphatic rings. The minimum atomic E-state index is -0.732. The highest BCUT2D eigenvalue weighted by molar-refractivity contribution is 6.22. The maximum absolute atomic E-state index is 12.4. The molecule has 1 aromatic carbocycles. The molecule has 0 aromatic heterocycles. The van der Waals surface area contributed by atoms with E-state index in [9.17, 15) is 14.0 Å². The van der Waals surface area contributed by atoms with Crippen LogP contribution in [0.1, 0.15) is 26.3 Å². The number of hydrogen-bond donors (Lipinski definition) is 1. The minimum Gasteiger partial charge on any atom is -0.288 e. The zero-order valence-electron chi connectivity index (χ0n) is 6.63. The van der Waals surface area contributed by atoms with E-state index in [4.69, 9.17) is 0 Å². The number of benzene rings is 1. The van der Waals surface area contributed by atoms with Crippen molar-refractivity contribution < 1.29 is 14.0 Å².